The Morgan fingerprint density at radius 2 is 1.81 bits per heavy atom. The van der Waals surface area contributed by atoms with Crippen LogP contribution in [0.4, 0.5) is 0 Å². The molecule has 3 aromatic rings. The van der Waals surface area contributed by atoms with Crippen molar-refractivity contribution in [3.05, 3.63) is 95.9 Å². The van der Waals surface area contributed by atoms with Gasteiger partial charge in [-0.2, -0.15) is 0 Å². The van der Waals surface area contributed by atoms with E-state index in [0.29, 0.717) is 5.56 Å². The molecular formula is C21H16BrClOS2. The quantitative estimate of drug-likeness (QED) is 0.276. The summed E-state index contributed by atoms with van der Waals surface area (Å²) in [6.07, 6.45) is 2.00. The highest BCUT2D eigenvalue weighted by atomic mass is 79.9. The van der Waals surface area contributed by atoms with Crippen molar-refractivity contribution in [2.24, 2.45) is 0 Å². The molecule has 1 nitrogen and oxygen atoms in total. The molecule has 0 aliphatic rings. The van der Waals surface area contributed by atoms with Crippen LogP contribution in [-0.4, -0.2) is 5.78 Å². The van der Waals surface area contributed by atoms with Gasteiger partial charge in [-0.1, -0.05) is 39.7 Å². The third-order valence-electron chi connectivity index (χ3n) is 3.80. The Morgan fingerprint density at radius 1 is 1.12 bits per heavy atom. The van der Waals surface area contributed by atoms with Crippen molar-refractivity contribution in [2.45, 2.75) is 12.7 Å². The van der Waals surface area contributed by atoms with Crippen LogP contribution in [0.2, 0.25) is 5.02 Å². The molecule has 3 rings (SSSR count). The zero-order chi connectivity index (χ0) is 18.5. The molecule has 0 radical (unpaired) electrons. The number of ketones is 1. The Balaban J connectivity index is 1.87. The Hall–Kier alpha value is -1.33. The van der Waals surface area contributed by atoms with Crippen LogP contribution in [0, 0.1) is 6.92 Å². The van der Waals surface area contributed by atoms with Crippen molar-refractivity contribution >= 4 is 62.5 Å². The molecule has 0 aliphatic carbocycles. The van der Waals surface area contributed by atoms with Gasteiger partial charge in [-0.05, 0) is 72.0 Å². The van der Waals surface area contributed by atoms with E-state index < -0.39 is 0 Å². The number of allylic oxidation sites excluding steroid dienone is 1. The van der Waals surface area contributed by atoms with E-state index in [-0.39, 0.29) is 5.78 Å². The molecule has 0 saturated carbocycles. The summed E-state index contributed by atoms with van der Waals surface area (Å²) in [6, 6.07) is 17.3. The van der Waals surface area contributed by atoms with Crippen LogP contribution in [0.25, 0.3) is 6.08 Å². The highest BCUT2D eigenvalue weighted by Crippen LogP contribution is 2.30. The van der Waals surface area contributed by atoms with E-state index >= 15 is 0 Å². The van der Waals surface area contributed by atoms with E-state index in [1.54, 1.807) is 23.1 Å². The molecule has 0 unspecified atom stereocenters. The number of halogens is 2. The average molecular weight is 464 g/mol. The smallest absolute Gasteiger partial charge is 0.199 e. The molecule has 0 amide bonds. The van der Waals surface area contributed by atoms with E-state index in [4.69, 9.17) is 11.6 Å². The van der Waals surface area contributed by atoms with Gasteiger partial charge >= 0.3 is 0 Å². The van der Waals surface area contributed by atoms with Gasteiger partial charge in [-0.3, -0.25) is 4.79 Å². The summed E-state index contributed by atoms with van der Waals surface area (Å²) in [5.41, 5.74) is 3.01. The number of rotatable bonds is 6. The number of aryl methyl sites for hydroxylation is 1. The number of thiophene rings is 1. The van der Waals surface area contributed by atoms with Gasteiger partial charge in [-0.15, -0.1) is 23.1 Å². The van der Waals surface area contributed by atoms with Crippen LogP contribution < -0.4 is 0 Å². The van der Waals surface area contributed by atoms with Crippen LogP contribution >= 0.6 is 50.6 Å². The molecule has 0 bridgehead atoms. The zero-order valence-corrected chi connectivity index (χ0v) is 18.0. The van der Waals surface area contributed by atoms with Crippen LogP contribution in [0.1, 0.15) is 26.4 Å². The number of hydrogen-bond acceptors (Lipinski definition) is 3. The lowest BCUT2D eigenvalue weighted by Gasteiger charge is -2.08. The van der Waals surface area contributed by atoms with E-state index in [0.717, 1.165) is 30.6 Å². The van der Waals surface area contributed by atoms with Gasteiger partial charge in [0.2, 0.25) is 0 Å². The van der Waals surface area contributed by atoms with Gasteiger partial charge in [0.25, 0.3) is 0 Å². The Morgan fingerprint density at radius 3 is 2.42 bits per heavy atom. The summed E-state index contributed by atoms with van der Waals surface area (Å²) >= 11 is 12.6. The van der Waals surface area contributed by atoms with Crippen molar-refractivity contribution in [2.75, 3.05) is 0 Å². The number of thioether (sulfide) groups is 1. The third kappa shape index (κ3) is 5.10. The van der Waals surface area contributed by atoms with Crippen LogP contribution in [-0.2, 0) is 5.75 Å². The van der Waals surface area contributed by atoms with Gasteiger partial charge in [-0.25, -0.2) is 0 Å². The Kier molecular flexibility index (Phi) is 6.76. The third-order valence-corrected chi connectivity index (χ3v) is 6.64. The van der Waals surface area contributed by atoms with Gasteiger partial charge in [0, 0.05) is 25.7 Å². The molecule has 2 aromatic carbocycles. The summed E-state index contributed by atoms with van der Waals surface area (Å²) in [5.74, 6) is 0.764. The maximum atomic E-state index is 13.0. The van der Waals surface area contributed by atoms with Gasteiger partial charge in [0.05, 0.1) is 4.91 Å². The summed E-state index contributed by atoms with van der Waals surface area (Å²) in [4.78, 5) is 14.9. The van der Waals surface area contributed by atoms with Crippen molar-refractivity contribution in [3.8, 4) is 0 Å². The fourth-order valence-electron chi connectivity index (χ4n) is 2.31. The maximum absolute atomic E-state index is 13.0. The first kappa shape index (κ1) is 19.4. The standard InChI is InChI=1S/C21H16BrClOS2/c1-14-10-11-25-19(14)12-20(21(24)16-4-6-17(22)7-5-16)26-13-15-2-8-18(23)9-3-15/h2-12H,13H2,1H3/b20-12+. The van der Waals surface area contributed by atoms with Crippen molar-refractivity contribution < 1.29 is 4.79 Å². The van der Waals surface area contributed by atoms with E-state index in [1.165, 1.54) is 5.56 Å². The predicted octanol–water partition coefficient (Wildman–Crippen LogP) is 7.63. The number of Topliss-reactive ketones (excluding diaryl/α,β-unsaturated/α-hetero) is 1. The van der Waals surface area contributed by atoms with Crippen LogP contribution in [0.5, 0.6) is 0 Å². The lowest BCUT2D eigenvalue weighted by molar-refractivity contribution is 0.104. The van der Waals surface area contributed by atoms with Crippen LogP contribution in [0.15, 0.2) is 69.4 Å². The van der Waals surface area contributed by atoms with E-state index in [1.807, 2.05) is 60.0 Å². The first-order valence-corrected chi connectivity index (χ1v) is 11.0. The highest BCUT2D eigenvalue weighted by molar-refractivity contribution is 9.10. The first-order chi connectivity index (χ1) is 12.5. The van der Waals surface area contributed by atoms with Gasteiger partial charge < -0.3 is 0 Å². The second-order valence-electron chi connectivity index (χ2n) is 5.73. The van der Waals surface area contributed by atoms with Gasteiger partial charge in [0.1, 0.15) is 0 Å². The largest absolute Gasteiger partial charge is 0.288 e. The molecule has 1 aromatic heterocycles. The van der Waals surface area contributed by atoms with E-state index in [9.17, 15) is 4.79 Å². The predicted molar refractivity (Wildman–Crippen MR) is 118 cm³/mol. The maximum Gasteiger partial charge on any atom is 0.199 e. The molecule has 0 saturated heterocycles. The minimum Gasteiger partial charge on any atom is -0.288 e. The molecule has 0 aliphatic heterocycles. The number of carbonyl (C=O) groups excluding carboxylic acids is 1. The first-order valence-electron chi connectivity index (χ1n) is 7.96. The molecule has 0 spiro atoms. The van der Waals surface area contributed by atoms with Crippen molar-refractivity contribution in [3.63, 3.8) is 0 Å². The summed E-state index contributed by atoms with van der Waals surface area (Å²) in [7, 11) is 0. The molecule has 0 atom stereocenters. The second-order valence-corrected chi connectivity index (χ2v) is 9.04. The second kappa shape index (κ2) is 9.05. The lowest BCUT2D eigenvalue weighted by Crippen LogP contribution is -2.01. The summed E-state index contributed by atoms with van der Waals surface area (Å²) in [5, 5.41) is 2.77. The molecular weight excluding hydrogens is 448 g/mol. The van der Waals surface area contributed by atoms with Crippen molar-refractivity contribution in [1.82, 2.24) is 0 Å². The lowest BCUT2D eigenvalue weighted by atomic mass is 10.1. The molecule has 0 fully saturated rings. The minimum absolute atomic E-state index is 0.0456. The summed E-state index contributed by atoms with van der Waals surface area (Å²) in [6.45, 7) is 2.06. The zero-order valence-electron chi connectivity index (χ0n) is 14.0. The molecule has 5 heteroatoms. The number of benzene rings is 2. The molecule has 26 heavy (non-hydrogen) atoms. The highest BCUT2D eigenvalue weighted by Gasteiger charge is 2.14. The SMILES string of the molecule is Cc1ccsc1/C=C(/SCc1ccc(Cl)cc1)C(=O)c1ccc(Br)cc1. The minimum atomic E-state index is 0.0456. The average Bonchev–Trinajstić information content (AvgIpc) is 3.05. The fraction of sp³-hybridized carbons (Fsp3) is 0.0952. The van der Waals surface area contributed by atoms with Crippen molar-refractivity contribution in [1.29, 1.82) is 0 Å². The Labute approximate surface area is 175 Å². The number of carbonyl (C=O) groups is 1. The van der Waals surface area contributed by atoms with E-state index in [2.05, 4.69) is 28.9 Å². The molecule has 1 heterocycles. The topological polar surface area (TPSA) is 17.1 Å². The monoisotopic (exact) mass is 462 g/mol. The van der Waals surface area contributed by atoms with Gasteiger partial charge in [0.15, 0.2) is 5.78 Å². The van der Waals surface area contributed by atoms with Crippen LogP contribution in [0.3, 0.4) is 0 Å². The normalized spacial score (nSPS) is 11.6. The Bertz CT molecular complexity index is 927. The molecule has 0 N–H and O–H groups in total. The molecule has 132 valence electrons. The number of hydrogen-bond donors (Lipinski definition) is 0. The summed E-state index contributed by atoms with van der Waals surface area (Å²) < 4.78 is 0.961. The fourth-order valence-corrected chi connectivity index (χ4v) is 4.60.